The van der Waals surface area contributed by atoms with E-state index in [2.05, 4.69) is 18.7 Å². The largest absolute Gasteiger partial charge is 0.507 e. The number of rotatable bonds is 11. The Labute approximate surface area is 211 Å². The minimum Gasteiger partial charge on any atom is -0.507 e. The average molecular weight is 501 g/mol. The number of hydrogen-bond donors (Lipinski definition) is 1. The molecule has 1 saturated heterocycles. The highest BCUT2D eigenvalue weighted by atomic mass is 35.5. The molecule has 2 aromatic carbocycles. The van der Waals surface area contributed by atoms with Gasteiger partial charge in [-0.05, 0) is 61.5 Å². The van der Waals surface area contributed by atoms with Gasteiger partial charge in [0, 0.05) is 23.7 Å². The first-order chi connectivity index (χ1) is 16.9. The Bertz CT molecular complexity index is 1080. The Morgan fingerprint density at radius 2 is 1.74 bits per heavy atom. The van der Waals surface area contributed by atoms with Crippen LogP contribution in [0.25, 0.3) is 5.76 Å². The van der Waals surface area contributed by atoms with E-state index in [1.54, 1.807) is 43.5 Å². The number of methoxy groups -OCH3 is 1. The molecule has 1 aliphatic heterocycles. The first kappa shape index (κ1) is 26.6. The molecule has 35 heavy (non-hydrogen) atoms. The van der Waals surface area contributed by atoms with Gasteiger partial charge in [-0.3, -0.25) is 9.59 Å². The molecule has 0 bridgehead atoms. The first-order valence-electron chi connectivity index (χ1n) is 11.9. The minimum atomic E-state index is -0.768. The Morgan fingerprint density at radius 1 is 1.06 bits per heavy atom. The Hall–Kier alpha value is -3.03. The number of nitrogens with zero attached hydrogens (tertiary/aromatic N) is 2. The maximum absolute atomic E-state index is 13.2. The van der Waals surface area contributed by atoms with Crippen LogP contribution >= 0.6 is 11.6 Å². The first-order valence-corrected chi connectivity index (χ1v) is 12.3. The van der Waals surface area contributed by atoms with Crippen molar-refractivity contribution < 1.29 is 24.2 Å². The number of carbonyl (C=O) groups is 2. The molecule has 1 heterocycles. The summed E-state index contributed by atoms with van der Waals surface area (Å²) in [4.78, 5) is 30.1. The third-order valence-corrected chi connectivity index (χ3v) is 6.43. The number of aliphatic hydroxyl groups excluding tert-OH is 1. The predicted octanol–water partition coefficient (Wildman–Crippen LogP) is 4.90. The molecule has 3 rings (SSSR count). The highest BCUT2D eigenvalue weighted by Gasteiger charge is 2.46. The highest BCUT2D eigenvalue weighted by molar-refractivity contribution is 6.46. The number of ether oxygens (including phenoxy) is 2. The number of carbonyl (C=O) groups excluding carboxylic acids is 2. The van der Waals surface area contributed by atoms with Gasteiger partial charge in [-0.1, -0.05) is 38.4 Å². The van der Waals surface area contributed by atoms with Gasteiger partial charge in [0.05, 0.1) is 25.3 Å². The number of ketones is 1. The third kappa shape index (κ3) is 5.80. The van der Waals surface area contributed by atoms with Crippen LogP contribution < -0.4 is 9.47 Å². The van der Waals surface area contributed by atoms with Crippen LogP contribution in [-0.2, 0) is 9.59 Å². The van der Waals surface area contributed by atoms with Crippen molar-refractivity contribution in [1.82, 2.24) is 9.80 Å². The van der Waals surface area contributed by atoms with Crippen molar-refractivity contribution in [2.45, 2.75) is 33.2 Å². The number of likely N-dealkylation sites (tertiary alicyclic amines) is 1. The van der Waals surface area contributed by atoms with Crippen molar-refractivity contribution in [2.75, 3.05) is 39.9 Å². The lowest BCUT2D eigenvalue weighted by Crippen LogP contribution is -2.38. The lowest BCUT2D eigenvalue weighted by Gasteiger charge is -2.28. The van der Waals surface area contributed by atoms with Gasteiger partial charge in [0.1, 0.15) is 5.76 Å². The minimum absolute atomic E-state index is 0.0427. The molecular weight excluding hydrogens is 468 g/mol. The lowest BCUT2D eigenvalue weighted by atomic mass is 9.95. The van der Waals surface area contributed by atoms with Crippen molar-refractivity contribution in [3.05, 3.63) is 64.2 Å². The second kappa shape index (κ2) is 12.1. The van der Waals surface area contributed by atoms with E-state index in [0.717, 1.165) is 19.5 Å². The standard InChI is InChI=1S/C27H33ClN2O5/c1-5-16-35-21-13-10-19(17-22(21)34-4)24-23(25(31)18-8-11-20(28)12-9-18)26(32)27(33)30(24)15-14-29(6-2)7-3/h8-13,17,24,31H,5-7,14-16H2,1-4H3/b25-23+/t24-/m0/s1. The zero-order valence-electron chi connectivity index (χ0n) is 20.7. The monoisotopic (exact) mass is 500 g/mol. The fourth-order valence-electron chi connectivity index (χ4n) is 4.19. The molecule has 0 spiro atoms. The van der Waals surface area contributed by atoms with Crippen molar-refractivity contribution in [1.29, 1.82) is 0 Å². The van der Waals surface area contributed by atoms with Crippen LogP contribution in [0.5, 0.6) is 11.5 Å². The Morgan fingerprint density at radius 3 is 2.34 bits per heavy atom. The van der Waals surface area contributed by atoms with Crippen LogP contribution in [0.2, 0.25) is 5.02 Å². The zero-order chi connectivity index (χ0) is 25.5. The molecule has 1 amide bonds. The second-order valence-electron chi connectivity index (χ2n) is 8.29. The number of hydrogen-bond acceptors (Lipinski definition) is 6. The molecule has 0 unspecified atom stereocenters. The number of aliphatic hydroxyl groups is 1. The van der Waals surface area contributed by atoms with Crippen molar-refractivity contribution in [3.63, 3.8) is 0 Å². The predicted molar refractivity (Wildman–Crippen MR) is 137 cm³/mol. The van der Waals surface area contributed by atoms with Gasteiger partial charge < -0.3 is 24.4 Å². The quantitative estimate of drug-likeness (QED) is 0.268. The summed E-state index contributed by atoms with van der Waals surface area (Å²) in [6.07, 6.45) is 0.845. The summed E-state index contributed by atoms with van der Waals surface area (Å²) in [5.41, 5.74) is 1.11. The molecule has 1 N–H and O–H groups in total. The molecular formula is C27H33ClN2O5. The fraction of sp³-hybridized carbons (Fsp3) is 0.407. The van der Waals surface area contributed by atoms with Gasteiger partial charge in [0.25, 0.3) is 11.7 Å². The average Bonchev–Trinajstić information content (AvgIpc) is 3.13. The van der Waals surface area contributed by atoms with Crippen LogP contribution in [0, 0.1) is 0 Å². The lowest BCUT2D eigenvalue weighted by molar-refractivity contribution is -0.140. The number of benzene rings is 2. The Kier molecular flexibility index (Phi) is 9.18. The van der Waals surface area contributed by atoms with E-state index in [1.807, 2.05) is 13.0 Å². The Balaban J connectivity index is 2.12. The van der Waals surface area contributed by atoms with Crippen molar-refractivity contribution in [2.24, 2.45) is 0 Å². The molecule has 0 radical (unpaired) electrons. The summed E-state index contributed by atoms with van der Waals surface area (Å²) in [6.45, 7) is 9.25. The van der Waals surface area contributed by atoms with Crippen LogP contribution in [0.4, 0.5) is 0 Å². The van der Waals surface area contributed by atoms with Crippen LogP contribution in [0.3, 0.4) is 0 Å². The van der Waals surface area contributed by atoms with E-state index in [-0.39, 0.29) is 11.3 Å². The van der Waals surface area contributed by atoms with Crippen LogP contribution in [0.15, 0.2) is 48.0 Å². The molecule has 7 nitrogen and oxygen atoms in total. The number of likely N-dealkylation sites (N-methyl/N-ethyl adjacent to an activating group) is 1. The molecule has 1 fully saturated rings. The summed E-state index contributed by atoms with van der Waals surface area (Å²) in [5, 5.41) is 11.7. The topological polar surface area (TPSA) is 79.3 Å². The number of Topliss-reactive ketones (excluding diaryl/α,β-unsaturated/α-hetero) is 1. The second-order valence-corrected chi connectivity index (χ2v) is 8.72. The third-order valence-electron chi connectivity index (χ3n) is 6.17. The van der Waals surface area contributed by atoms with Gasteiger partial charge in [0.15, 0.2) is 11.5 Å². The van der Waals surface area contributed by atoms with Crippen molar-refractivity contribution >= 4 is 29.1 Å². The molecule has 1 atom stereocenters. The van der Waals surface area contributed by atoms with Gasteiger partial charge >= 0.3 is 0 Å². The zero-order valence-corrected chi connectivity index (χ0v) is 21.5. The molecule has 2 aromatic rings. The van der Waals surface area contributed by atoms with E-state index < -0.39 is 17.7 Å². The molecule has 8 heteroatoms. The van der Waals surface area contributed by atoms with E-state index in [4.69, 9.17) is 21.1 Å². The maximum Gasteiger partial charge on any atom is 0.295 e. The van der Waals surface area contributed by atoms with E-state index >= 15 is 0 Å². The molecule has 0 aliphatic carbocycles. The van der Waals surface area contributed by atoms with Gasteiger partial charge in [0.2, 0.25) is 0 Å². The molecule has 0 saturated carbocycles. The van der Waals surface area contributed by atoms with Crippen LogP contribution in [-0.4, -0.2) is 66.5 Å². The maximum atomic E-state index is 13.2. The van der Waals surface area contributed by atoms with Crippen LogP contribution in [0.1, 0.15) is 44.4 Å². The normalized spacial score (nSPS) is 17.3. The van der Waals surface area contributed by atoms with Crippen molar-refractivity contribution in [3.8, 4) is 11.5 Å². The fourth-order valence-corrected chi connectivity index (χ4v) is 4.32. The summed E-state index contributed by atoms with van der Waals surface area (Å²) in [7, 11) is 1.54. The van der Waals surface area contributed by atoms with Gasteiger partial charge in [-0.15, -0.1) is 0 Å². The SMILES string of the molecule is CCCOc1ccc([C@H]2/C(=C(\O)c3ccc(Cl)cc3)C(=O)C(=O)N2CCN(CC)CC)cc1OC. The highest BCUT2D eigenvalue weighted by Crippen LogP contribution is 2.42. The van der Waals surface area contributed by atoms with Gasteiger partial charge in [-0.25, -0.2) is 0 Å². The molecule has 188 valence electrons. The van der Waals surface area contributed by atoms with E-state index in [9.17, 15) is 14.7 Å². The van der Waals surface area contributed by atoms with E-state index in [0.29, 0.717) is 47.3 Å². The summed E-state index contributed by atoms with van der Waals surface area (Å²) >= 11 is 6.00. The van der Waals surface area contributed by atoms with Gasteiger partial charge in [-0.2, -0.15) is 0 Å². The number of halogens is 1. The molecule has 1 aliphatic rings. The summed E-state index contributed by atoms with van der Waals surface area (Å²) in [5.74, 6) is -0.511. The smallest absolute Gasteiger partial charge is 0.295 e. The summed E-state index contributed by atoms with van der Waals surface area (Å²) < 4.78 is 11.3. The molecule has 0 aromatic heterocycles. The number of amides is 1. The summed E-state index contributed by atoms with van der Waals surface area (Å²) in [6, 6.07) is 11.1. The van der Waals surface area contributed by atoms with E-state index in [1.165, 1.54) is 4.90 Å².